The minimum absolute atomic E-state index is 0.0111. The highest BCUT2D eigenvalue weighted by atomic mass is 35.5. The van der Waals surface area contributed by atoms with Crippen molar-refractivity contribution in [1.29, 1.82) is 0 Å². The van der Waals surface area contributed by atoms with Crippen LogP contribution >= 0.6 is 23.2 Å². The van der Waals surface area contributed by atoms with Crippen molar-refractivity contribution in [3.8, 4) is 0 Å². The average Bonchev–Trinajstić information content (AvgIpc) is 2.40. The first-order valence-corrected chi connectivity index (χ1v) is 6.83. The smallest absolute Gasteiger partial charge is 0.243 e. The van der Waals surface area contributed by atoms with Gasteiger partial charge in [-0.25, -0.2) is 0 Å². The monoisotopic (exact) mass is 317 g/mol. The van der Waals surface area contributed by atoms with Gasteiger partial charge in [0.1, 0.15) is 0 Å². The summed E-state index contributed by atoms with van der Waals surface area (Å²) >= 11 is 11.6. The van der Waals surface area contributed by atoms with E-state index in [0.717, 1.165) is 0 Å². The fraction of sp³-hybridized carbons (Fsp3) is 0.385. The Morgan fingerprint density at radius 3 is 2.55 bits per heavy atom. The Morgan fingerprint density at radius 2 is 1.95 bits per heavy atom. The van der Waals surface area contributed by atoms with Crippen molar-refractivity contribution in [3.63, 3.8) is 0 Å². The molecule has 0 aliphatic rings. The summed E-state index contributed by atoms with van der Waals surface area (Å²) in [6, 6.07) is 4.81. The number of carbonyl (C=O) groups excluding carboxylic acids is 2. The Balaban J connectivity index is 2.50. The van der Waals surface area contributed by atoms with Gasteiger partial charge in [0.15, 0.2) is 0 Å². The zero-order chi connectivity index (χ0) is 15.1. The van der Waals surface area contributed by atoms with Gasteiger partial charge in [-0.05, 0) is 25.2 Å². The molecule has 1 aromatic carbocycles. The molecule has 0 radical (unpaired) electrons. The molecule has 1 aromatic rings. The van der Waals surface area contributed by atoms with Gasteiger partial charge in [-0.2, -0.15) is 0 Å². The van der Waals surface area contributed by atoms with E-state index < -0.39 is 0 Å². The molecule has 0 unspecified atom stereocenters. The van der Waals surface area contributed by atoms with Gasteiger partial charge in [0.25, 0.3) is 0 Å². The lowest BCUT2D eigenvalue weighted by molar-refractivity contribution is -0.133. The van der Waals surface area contributed by atoms with Crippen LogP contribution in [0.1, 0.15) is 6.42 Å². The van der Waals surface area contributed by atoms with E-state index in [9.17, 15) is 9.59 Å². The first-order chi connectivity index (χ1) is 9.43. The van der Waals surface area contributed by atoms with Crippen molar-refractivity contribution in [3.05, 3.63) is 28.2 Å². The van der Waals surface area contributed by atoms with Crippen LogP contribution in [0.5, 0.6) is 0 Å². The maximum absolute atomic E-state index is 11.8. The number of nitrogens with one attached hydrogen (secondary N) is 2. The second-order valence-corrected chi connectivity index (χ2v) is 5.09. The zero-order valence-corrected chi connectivity index (χ0v) is 12.9. The molecular formula is C13H17Cl2N3O2. The fourth-order valence-corrected chi connectivity index (χ4v) is 1.80. The molecular weight excluding hydrogens is 301 g/mol. The number of carbonyl (C=O) groups is 2. The summed E-state index contributed by atoms with van der Waals surface area (Å²) in [6.45, 7) is 0.570. The van der Waals surface area contributed by atoms with Gasteiger partial charge in [0.05, 0.1) is 16.6 Å². The predicted octanol–water partition coefficient (Wildman–Crippen LogP) is 2.00. The van der Waals surface area contributed by atoms with Crippen LogP contribution in [0, 0.1) is 0 Å². The molecule has 0 atom stereocenters. The summed E-state index contributed by atoms with van der Waals surface area (Å²) < 4.78 is 0. The van der Waals surface area contributed by atoms with Gasteiger partial charge < -0.3 is 15.5 Å². The largest absolute Gasteiger partial charge is 0.336 e. The SMILES string of the molecule is CNCCC(=O)N(C)CC(=O)Nc1ccc(Cl)c(Cl)c1. The number of halogens is 2. The van der Waals surface area contributed by atoms with E-state index in [2.05, 4.69) is 10.6 Å². The molecule has 0 fully saturated rings. The van der Waals surface area contributed by atoms with Gasteiger partial charge in [-0.1, -0.05) is 23.2 Å². The lowest BCUT2D eigenvalue weighted by Gasteiger charge is -2.16. The third kappa shape index (κ3) is 5.36. The Bertz CT molecular complexity index is 495. The van der Waals surface area contributed by atoms with Gasteiger partial charge in [0, 0.05) is 25.7 Å². The van der Waals surface area contributed by atoms with E-state index in [0.29, 0.717) is 28.7 Å². The number of anilines is 1. The van der Waals surface area contributed by atoms with Crippen molar-refractivity contribution in [1.82, 2.24) is 10.2 Å². The third-order valence-electron chi connectivity index (χ3n) is 2.60. The minimum atomic E-state index is -0.288. The Kier molecular flexibility index (Phi) is 6.78. The van der Waals surface area contributed by atoms with E-state index in [1.54, 1.807) is 32.3 Å². The minimum Gasteiger partial charge on any atom is -0.336 e. The number of benzene rings is 1. The molecule has 0 aromatic heterocycles. The number of hydrogen-bond donors (Lipinski definition) is 2. The lowest BCUT2D eigenvalue weighted by atomic mass is 10.3. The number of amides is 2. The van der Waals surface area contributed by atoms with Crippen LogP contribution in [0.3, 0.4) is 0 Å². The molecule has 0 heterocycles. The second-order valence-electron chi connectivity index (χ2n) is 4.28. The summed E-state index contributed by atoms with van der Waals surface area (Å²) in [7, 11) is 3.36. The fourth-order valence-electron chi connectivity index (χ4n) is 1.50. The molecule has 5 nitrogen and oxygen atoms in total. The van der Waals surface area contributed by atoms with E-state index in [1.165, 1.54) is 4.90 Å². The van der Waals surface area contributed by atoms with Gasteiger partial charge >= 0.3 is 0 Å². The number of likely N-dealkylation sites (N-methyl/N-ethyl adjacent to an activating group) is 1. The van der Waals surface area contributed by atoms with Crippen molar-refractivity contribution in [2.75, 3.05) is 32.5 Å². The van der Waals surface area contributed by atoms with Crippen molar-refractivity contribution < 1.29 is 9.59 Å². The van der Waals surface area contributed by atoms with Crippen LogP contribution < -0.4 is 10.6 Å². The summed E-state index contributed by atoms with van der Waals surface area (Å²) in [5.41, 5.74) is 0.542. The van der Waals surface area contributed by atoms with Crippen LogP contribution in [0.4, 0.5) is 5.69 Å². The molecule has 0 spiro atoms. The van der Waals surface area contributed by atoms with Gasteiger partial charge in [0.2, 0.25) is 11.8 Å². The van der Waals surface area contributed by atoms with Crippen LogP contribution in [0.25, 0.3) is 0 Å². The summed E-state index contributed by atoms with van der Waals surface area (Å²) in [5, 5.41) is 6.33. The average molecular weight is 318 g/mol. The Morgan fingerprint density at radius 1 is 1.25 bits per heavy atom. The molecule has 0 aliphatic carbocycles. The van der Waals surface area contributed by atoms with Gasteiger partial charge in [-0.3, -0.25) is 9.59 Å². The first kappa shape index (κ1) is 16.8. The Labute approximate surface area is 128 Å². The number of hydrogen-bond acceptors (Lipinski definition) is 3. The summed E-state index contributed by atoms with van der Waals surface area (Å²) in [5.74, 6) is -0.382. The normalized spacial score (nSPS) is 10.2. The van der Waals surface area contributed by atoms with Crippen molar-refractivity contribution in [2.45, 2.75) is 6.42 Å². The molecule has 20 heavy (non-hydrogen) atoms. The molecule has 110 valence electrons. The zero-order valence-electron chi connectivity index (χ0n) is 11.4. The topological polar surface area (TPSA) is 61.4 Å². The van der Waals surface area contributed by atoms with E-state index in [4.69, 9.17) is 23.2 Å². The quantitative estimate of drug-likeness (QED) is 0.843. The number of rotatable bonds is 6. The highest BCUT2D eigenvalue weighted by Crippen LogP contribution is 2.24. The van der Waals surface area contributed by atoms with E-state index in [1.807, 2.05) is 0 Å². The summed E-state index contributed by atoms with van der Waals surface area (Å²) in [6.07, 6.45) is 0.354. The molecule has 7 heteroatoms. The predicted molar refractivity (Wildman–Crippen MR) is 81.3 cm³/mol. The highest BCUT2D eigenvalue weighted by molar-refractivity contribution is 6.42. The highest BCUT2D eigenvalue weighted by Gasteiger charge is 2.12. The van der Waals surface area contributed by atoms with E-state index >= 15 is 0 Å². The maximum atomic E-state index is 11.8. The maximum Gasteiger partial charge on any atom is 0.243 e. The Hall–Kier alpha value is -1.30. The van der Waals surface area contributed by atoms with Crippen LogP contribution in [0.2, 0.25) is 10.0 Å². The molecule has 0 aliphatic heterocycles. The lowest BCUT2D eigenvalue weighted by Crippen LogP contribution is -2.36. The van der Waals surface area contributed by atoms with Crippen molar-refractivity contribution >= 4 is 40.7 Å². The second kappa shape index (κ2) is 8.09. The van der Waals surface area contributed by atoms with Crippen LogP contribution in [0.15, 0.2) is 18.2 Å². The molecule has 0 saturated heterocycles. The van der Waals surface area contributed by atoms with Crippen molar-refractivity contribution in [2.24, 2.45) is 0 Å². The molecule has 0 bridgehead atoms. The molecule has 2 N–H and O–H groups in total. The third-order valence-corrected chi connectivity index (χ3v) is 3.34. The van der Waals surface area contributed by atoms with Crippen LogP contribution in [-0.4, -0.2) is 43.9 Å². The van der Waals surface area contributed by atoms with Gasteiger partial charge in [-0.15, -0.1) is 0 Å². The summed E-state index contributed by atoms with van der Waals surface area (Å²) in [4.78, 5) is 24.8. The van der Waals surface area contributed by atoms with Crippen LogP contribution in [-0.2, 0) is 9.59 Å². The first-order valence-electron chi connectivity index (χ1n) is 6.07. The van der Waals surface area contributed by atoms with E-state index in [-0.39, 0.29) is 18.4 Å². The molecule has 0 saturated carbocycles. The molecule has 1 rings (SSSR count). The standard InChI is InChI=1S/C13H17Cl2N3O2/c1-16-6-5-13(20)18(2)8-12(19)17-9-3-4-10(14)11(15)7-9/h3-4,7,16H,5-6,8H2,1-2H3,(H,17,19). The number of nitrogens with zero attached hydrogens (tertiary/aromatic N) is 1. The molecule has 2 amide bonds.